The van der Waals surface area contributed by atoms with Crippen molar-refractivity contribution in [3.63, 3.8) is 0 Å². The van der Waals surface area contributed by atoms with Crippen molar-refractivity contribution in [1.82, 2.24) is 10.2 Å². The molecule has 3 N–H and O–H groups in total. The molecule has 1 aliphatic heterocycles. The van der Waals surface area contributed by atoms with Gasteiger partial charge in [-0.15, -0.1) is 0 Å². The van der Waals surface area contributed by atoms with E-state index in [1.54, 1.807) is 0 Å². The van der Waals surface area contributed by atoms with E-state index in [4.69, 9.17) is 9.84 Å². The van der Waals surface area contributed by atoms with Gasteiger partial charge in [0, 0.05) is 25.7 Å². The third kappa shape index (κ3) is 5.22. The zero-order valence-corrected chi connectivity index (χ0v) is 12.9. The van der Waals surface area contributed by atoms with Gasteiger partial charge in [-0.05, 0) is 12.0 Å². The first-order valence-electron chi connectivity index (χ1n) is 7.63. The molecule has 7 heteroatoms. The van der Waals surface area contributed by atoms with Crippen molar-refractivity contribution in [2.24, 2.45) is 5.92 Å². The molecular formula is C16H22N2O5. The highest BCUT2D eigenvalue weighted by Crippen LogP contribution is 2.18. The number of carboxylic acids is 1. The highest BCUT2D eigenvalue weighted by atomic mass is 16.5. The Hall–Kier alpha value is -2.12. The number of alkyl carbamates (subject to hydrolysis) is 1. The molecule has 2 atom stereocenters. The van der Waals surface area contributed by atoms with Gasteiger partial charge in [-0.25, -0.2) is 4.79 Å². The lowest BCUT2D eigenvalue weighted by atomic mass is 9.92. The highest BCUT2D eigenvalue weighted by molar-refractivity contribution is 5.74. The number of nitrogens with zero attached hydrogens (tertiary/aromatic N) is 1. The predicted octanol–water partition coefficient (Wildman–Crippen LogP) is 0.680. The summed E-state index contributed by atoms with van der Waals surface area (Å²) < 4.78 is 5.14. The van der Waals surface area contributed by atoms with Crippen LogP contribution in [0.4, 0.5) is 4.79 Å². The second-order valence-corrected chi connectivity index (χ2v) is 5.57. The number of aliphatic hydroxyl groups is 1. The monoisotopic (exact) mass is 322 g/mol. The second kappa shape index (κ2) is 8.50. The molecule has 23 heavy (non-hydrogen) atoms. The molecule has 1 aliphatic rings. The van der Waals surface area contributed by atoms with Crippen LogP contribution >= 0.6 is 0 Å². The Labute approximate surface area is 134 Å². The van der Waals surface area contributed by atoms with Gasteiger partial charge in [0.05, 0.1) is 12.5 Å². The summed E-state index contributed by atoms with van der Waals surface area (Å²) in [5, 5.41) is 20.9. The predicted molar refractivity (Wildman–Crippen MR) is 82.8 cm³/mol. The Balaban J connectivity index is 1.85. The van der Waals surface area contributed by atoms with Crippen molar-refractivity contribution < 1.29 is 24.5 Å². The second-order valence-electron chi connectivity index (χ2n) is 5.57. The van der Waals surface area contributed by atoms with E-state index in [0.29, 0.717) is 26.1 Å². The van der Waals surface area contributed by atoms with E-state index in [1.807, 2.05) is 35.2 Å². The van der Waals surface area contributed by atoms with Gasteiger partial charge in [0.25, 0.3) is 0 Å². The average Bonchev–Trinajstić information content (AvgIpc) is 2.55. The number of nitrogens with one attached hydrogen (secondary N) is 1. The van der Waals surface area contributed by atoms with Crippen LogP contribution in [0.1, 0.15) is 12.0 Å². The summed E-state index contributed by atoms with van der Waals surface area (Å²) in [5.41, 5.74) is 0.871. The zero-order valence-electron chi connectivity index (χ0n) is 12.9. The molecule has 1 aromatic carbocycles. The molecule has 0 bridgehead atoms. The molecule has 0 aromatic heterocycles. The van der Waals surface area contributed by atoms with Crippen LogP contribution in [0.3, 0.4) is 0 Å². The third-order valence-corrected chi connectivity index (χ3v) is 3.95. The van der Waals surface area contributed by atoms with Gasteiger partial charge in [-0.3, -0.25) is 4.79 Å². The van der Waals surface area contributed by atoms with Gasteiger partial charge in [-0.1, -0.05) is 30.3 Å². The molecule has 1 amide bonds. The Kier molecular flexibility index (Phi) is 6.37. The average molecular weight is 322 g/mol. The number of ether oxygens (including phenoxy) is 1. The fraction of sp³-hybridized carbons (Fsp3) is 0.500. The van der Waals surface area contributed by atoms with E-state index in [0.717, 1.165) is 5.56 Å². The van der Waals surface area contributed by atoms with Crippen molar-refractivity contribution >= 4 is 12.1 Å². The van der Waals surface area contributed by atoms with Crippen molar-refractivity contribution in [1.29, 1.82) is 0 Å². The van der Waals surface area contributed by atoms with Gasteiger partial charge < -0.3 is 25.2 Å². The van der Waals surface area contributed by atoms with E-state index in [9.17, 15) is 14.7 Å². The molecule has 1 heterocycles. The number of hydrogen-bond acceptors (Lipinski definition) is 5. The maximum absolute atomic E-state index is 11.9. The standard InChI is InChI=1S/C16H22N2O5/c19-9-8-18-7-6-14(13(10-18)15(20)21)17-16(22)23-11-12-4-2-1-3-5-12/h1-5,13-14,19H,6-11H2,(H,17,22)(H,20,21)/t13-,14+/m0/s1. The lowest BCUT2D eigenvalue weighted by Crippen LogP contribution is -2.54. The van der Waals surface area contributed by atoms with Crippen molar-refractivity contribution in [2.75, 3.05) is 26.2 Å². The summed E-state index contributed by atoms with van der Waals surface area (Å²) in [6.45, 7) is 1.51. The molecule has 0 unspecified atom stereocenters. The Bertz CT molecular complexity index is 522. The fourth-order valence-electron chi connectivity index (χ4n) is 2.70. The maximum Gasteiger partial charge on any atom is 0.407 e. The number of hydrogen-bond donors (Lipinski definition) is 3. The quantitative estimate of drug-likeness (QED) is 0.712. The molecule has 0 radical (unpaired) electrons. The lowest BCUT2D eigenvalue weighted by molar-refractivity contribution is -0.144. The van der Waals surface area contributed by atoms with E-state index in [1.165, 1.54) is 0 Å². The van der Waals surface area contributed by atoms with E-state index in [2.05, 4.69) is 5.32 Å². The lowest BCUT2D eigenvalue weighted by Gasteiger charge is -2.36. The number of piperidine rings is 1. The molecule has 1 fully saturated rings. The number of carbonyl (C=O) groups excluding carboxylic acids is 1. The van der Waals surface area contributed by atoms with Gasteiger partial charge in [0.1, 0.15) is 6.61 Å². The smallest absolute Gasteiger partial charge is 0.407 e. The number of aliphatic hydroxyl groups excluding tert-OH is 1. The summed E-state index contributed by atoms with van der Waals surface area (Å²) in [7, 11) is 0. The molecule has 2 rings (SSSR count). The van der Waals surface area contributed by atoms with Crippen molar-refractivity contribution in [3.8, 4) is 0 Å². The van der Waals surface area contributed by atoms with Crippen LogP contribution in [0.2, 0.25) is 0 Å². The topological polar surface area (TPSA) is 99.1 Å². The highest BCUT2D eigenvalue weighted by Gasteiger charge is 2.35. The first kappa shape index (κ1) is 17.2. The maximum atomic E-state index is 11.9. The number of benzene rings is 1. The van der Waals surface area contributed by atoms with Crippen LogP contribution in [-0.4, -0.2) is 59.5 Å². The number of β-amino-alcohol motifs (C(OH)–C–C–N with tert-alkyl or cyclic N) is 1. The molecule has 7 nitrogen and oxygen atoms in total. The fourth-order valence-corrected chi connectivity index (χ4v) is 2.70. The SMILES string of the molecule is O=C(N[C@@H]1CCN(CCO)C[C@@H]1C(=O)O)OCc1ccccc1. The number of likely N-dealkylation sites (tertiary alicyclic amines) is 1. The number of amides is 1. The summed E-state index contributed by atoms with van der Waals surface area (Å²) in [6.07, 6.45) is -0.0991. The van der Waals surface area contributed by atoms with Gasteiger partial charge in [0.2, 0.25) is 0 Å². The number of carboxylic acid groups (broad SMARTS) is 1. The first-order chi connectivity index (χ1) is 11.1. The summed E-state index contributed by atoms with van der Waals surface area (Å²) in [5.74, 6) is -1.67. The largest absolute Gasteiger partial charge is 0.481 e. The third-order valence-electron chi connectivity index (χ3n) is 3.95. The normalized spacial score (nSPS) is 21.6. The van der Waals surface area contributed by atoms with Crippen LogP contribution < -0.4 is 5.32 Å². The minimum atomic E-state index is -0.957. The molecule has 126 valence electrons. The van der Waals surface area contributed by atoms with Crippen LogP contribution in [0, 0.1) is 5.92 Å². The van der Waals surface area contributed by atoms with Crippen molar-refractivity contribution in [3.05, 3.63) is 35.9 Å². The minimum absolute atomic E-state index is 0.0104. The molecule has 1 saturated heterocycles. The zero-order chi connectivity index (χ0) is 16.7. The molecule has 0 saturated carbocycles. The summed E-state index contributed by atoms with van der Waals surface area (Å²) in [6, 6.07) is 8.82. The molecule has 0 aliphatic carbocycles. The Morgan fingerprint density at radius 1 is 1.30 bits per heavy atom. The van der Waals surface area contributed by atoms with Crippen molar-refractivity contribution in [2.45, 2.75) is 19.1 Å². The van der Waals surface area contributed by atoms with Crippen LogP contribution in [-0.2, 0) is 16.1 Å². The van der Waals surface area contributed by atoms with Crippen LogP contribution in [0.5, 0.6) is 0 Å². The Morgan fingerprint density at radius 3 is 2.70 bits per heavy atom. The number of rotatable bonds is 6. The van der Waals surface area contributed by atoms with Gasteiger partial charge in [0.15, 0.2) is 0 Å². The molecule has 1 aromatic rings. The number of carbonyl (C=O) groups is 2. The van der Waals surface area contributed by atoms with Gasteiger partial charge >= 0.3 is 12.1 Å². The molecular weight excluding hydrogens is 300 g/mol. The first-order valence-corrected chi connectivity index (χ1v) is 7.63. The number of aliphatic carboxylic acids is 1. The van der Waals surface area contributed by atoms with Crippen LogP contribution in [0.15, 0.2) is 30.3 Å². The summed E-state index contributed by atoms with van der Waals surface area (Å²) >= 11 is 0. The van der Waals surface area contributed by atoms with E-state index >= 15 is 0 Å². The Morgan fingerprint density at radius 2 is 2.04 bits per heavy atom. The van der Waals surface area contributed by atoms with Crippen LogP contribution in [0.25, 0.3) is 0 Å². The van der Waals surface area contributed by atoms with E-state index < -0.39 is 24.0 Å². The molecule has 0 spiro atoms. The van der Waals surface area contributed by atoms with Gasteiger partial charge in [-0.2, -0.15) is 0 Å². The van der Waals surface area contributed by atoms with E-state index in [-0.39, 0.29) is 13.2 Å². The minimum Gasteiger partial charge on any atom is -0.481 e. The summed E-state index contributed by atoms with van der Waals surface area (Å²) in [4.78, 5) is 25.2.